The molecular weight excluding hydrogens is 167 g/mol. The van der Waals surface area contributed by atoms with Gasteiger partial charge in [0, 0.05) is 0 Å². The number of rotatable bonds is 3. The Morgan fingerprint density at radius 1 is 1.15 bits per heavy atom. The largest absolute Gasteiger partial charge is 0.634 e. The zero-order valence-corrected chi connectivity index (χ0v) is 7.77. The van der Waals surface area contributed by atoms with Crippen LogP contribution in [-0.4, -0.2) is 17.4 Å². The number of hydrogen-bond acceptors (Lipinski definition) is 3. The lowest BCUT2D eigenvalue weighted by Gasteiger charge is -2.25. The first-order valence-electron chi connectivity index (χ1n) is 4.12. The Labute approximate surface area is 78.2 Å². The summed E-state index contributed by atoms with van der Waals surface area (Å²) < 4.78 is 4.93. The minimum atomic E-state index is -1.74. The Morgan fingerprint density at radius 2 is 1.69 bits per heavy atom. The summed E-state index contributed by atoms with van der Waals surface area (Å²) >= 11 is 0. The third-order valence-electron chi connectivity index (χ3n) is 1.87. The monoisotopic (exact) mass is 180 g/mol. The van der Waals surface area contributed by atoms with E-state index in [2.05, 4.69) is 0 Å². The molecule has 0 unspecified atom stereocenters. The molecule has 1 rings (SSSR count). The molecule has 0 saturated heterocycles. The van der Waals surface area contributed by atoms with E-state index in [1.807, 2.05) is 30.3 Å². The summed E-state index contributed by atoms with van der Waals surface area (Å²) in [5.41, 5.74) is 0.221. The minimum Gasteiger partial charge on any atom is -0.402 e. The highest BCUT2D eigenvalue weighted by Gasteiger charge is 2.26. The molecular formula is C9H13BO3. The Kier molecular flexibility index (Phi) is 3.09. The first kappa shape index (κ1) is 10.2. The second-order valence-corrected chi connectivity index (χ2v) is 3.32. The van der Waals surface area contributed by atoms with E-state index in [4.69, 9.17) is 14.7 Å². The van der Waals surface area contributed by atoms with E-state index < -0.39 is 12.9 Å². The van der Waals surface area contributed by atoms with Crippen LogP contribution in [0.25, 0.3) is 0 Å². The molecule has 0 radical (unpaired) electrons. The molecule has 1 aromatic carbocycles. The van der Waals surface area contributed by atoms with Crippen LogP contribution in [0.15, 0.2) is 30.3 Å². The van der Waals surface area contributed by atoms with Crippen molar-refractivity contribution in [2.75, 3.05) is 0 Å². The van der Waals surface area contributed by atoms with Gasteiger partial charge in [-0.2, -0.15) is 0 Å². The quantitative estimate of drug-likeness (QED) is 0.679. The van der Waals surface area contributed by atoms with Gasteiger partial charge < -0.3 is 14.7 Å². The van der Waals surface area contributed by atoms with Gasteiger partial charge in [-0.25, -0.2) is 0 Å². The van der Waals surface area contributed by atoms with Crippen LogP contribution < -0.4 is 0 Å². The zero-order valence-electron chi connectivity index (χ0n) is 7.77. The molecule has 0 aliphatic heterocycles. The van der Waals surface area contributed by atoms with E-state index >= 15 is 0 Å². The lowest BCUT2D eigenvalue weighted by molar-refractivity contribution is 0.0472. The van der Waals surface area contributed by atoms with Crippen LogP contribution in [0.2, 0.25) is 0 Å². The summed E-state index contributed by atoms with van der Waals surface area (Å²) in [6, 6.07) is 9.41. The van der Waals surface area contributed by atoms with Crippen LogP contribution in [-0.2, 0) is 10.3 Å². The second kappa shape index (κ2) is 3.92. The average Bonchev–Trinajstić information content (AvgIpc) is 2.04. The molecule has 0 aromatic heterocycles. The van der Waals surface area contributed by atoms with Crippen molar-refractivity contribution in [3.8, 4) is 0 Å². The molecule has 4 heteroatoms. The standard InChI is InChI=1S/C9H13BO3/c1-9(2,13-10(11)12)8-6-4-3-5-7-8/h3-7,11-12H,1-2H3. The SMILES string of the molecule is CC(C)(OB(O)O)c1ccccc1. The molecule has 0 atom stereocenters. The topological polar surface area (TPSA) is 49.7 Å². The van der Waals surface area contributed by atoms with Gasteiger partial charge in [-0.05, 0) is 19.4 Å². The van der Waals surface area contributed by atoms with Crippen LogP contribution >= 0.6 is 0 Å². The summed E-state index contributed by atoms with van der Waals surface area (Å²) in [5, 5.41) is 17.4. The van der Waals surface area contributed by atoms with Gasteiger partial charge in [0.25, 0.3) is 0 Å². The predicted octanol–water partition coefficient (Wildman–Crippen LogP) is 0.908. The molecule has 0 aliphatic rings. The molecule has 13 heavy (non-hydrogen) atoms. The van der Waals surface area contributed by atoms with Crippen LogP contribution in [0.1, 0.15) is 19.4 Å². The molecule has 0 fully saturated rings. The van der Waals surface area contributed by atoms with Crippen molar-refractivity contribution in [1.29, 1.82) is 0 Å². The third kappa shape index (κ3) is 2.84. The van der Waals surface area contributed by atoms with Crippen molar-refractivity contribution >= 4 is 7.32 Å². The lowest BCUT2D eigenvalue weighted by Crippen LogP contribution is -2.31. The summed E-state index contributed by atoms with van der Waals surface area (Å²) in [6.45, 7) is 3.56. The summed E-state index contributed by atoms with van der Waals surface area (Å²) in [5.74, 6) is 0. The Balaban J connectivity index is 2.81. The summed E-state index contributed by atoms with van der Waals surface area (Å²) in [6.07, 6.45) is 0. The lowest BCUT2D eigenvalue weighted by atomic mass is 9.96. The number of benzene rings is 1. The van der Waals surface area contributed by atoms with E-state index in [1.165, 1.54) is 0 Å². The molecule has 0 bridgehead atoms. The van der Waals surface area contributed by atoms with Crippen molar-refractivity contribution in [2.24, 2.45) is 0 Å². The maximum Gasteiger partial charge on any atom is 0.634 e. The van der Waals surface area contributed by atoms with Crippen LogP contribution in [0.5, 0.6) is 0 Å². The molecule has 0 heterocycles. The summed E-state index contributed by atoms with van der Waals surface area (Å²) in [4.78, 5) is 0. The van der Waals surface area contributed by atoms with E-state index in [0.717, 1.165) is 5.56 Å². The highest BCUT2D eigenvalue weighted by molar-refractivity contribution is 6.32. The maximum absolute atomic E-state index is 8.68. The fourth-order valence-electron chi connectivity index (χ4n) is 1.17. The Morgan fingerprint density at radius 3 is 2.15 bits per heavy atom. The number of hydrogen-bond donors (Lipinski definition) is 2. The van der Waals surface area contributed by atoms with Crippen LogP contribution in [0.4, 0.5) is 0 Å². The van der Waals surface area contributed by atoms with Crippen LogP contribution in [0.3, 0.4) is 0 Å². The van der Waals surface area contributed by atoms with E-state index in [-0.39, 0.29) is 0 Å². The molecule has 0 amide bonds. The van der Waals surface area contributed by atoms with E-state index in [9.17, 15) is 0 Å². The smallest absolute Gasteiger partial charge is 0.402 e. The maximum atomic E-state index is 8.68. The van der Waals surface area contributed by atoms with E-state index in [0.29, 0.717) is 0 Å². The molecule has 1 aromatic rings. The first-order valence-corrected chi connectivity index (χ1v) is 4.12. The van der Waals surface area contributed by atoms with Gasteiger partial charge in [-0.3, -0.25) is 0 Å². The van der Waals surface area contributed by atoms with Gasteiger partial charge in [0.15, 0.2) is 0 Å². The second-order valence-electron chi connectivity index (χ2n) is 3.32. The fraction of sp³-hybridized carbons (Fsp3) is 0.333. The molecule has 0 spiro atoms. The van der Waals surface area contributed by atoms with Gasteiger partial charge in [0.05, 0.1) is 5.60 Å². The third-order valence-corrected chi connectivity index (χ3v) is 1.87. The molecule has 70 valence electrons. The first-order chi connectivity index (χ1) is 6.02. The molecule has 0 aliphatic carbocycles. The Hall–Kier alpha value is -0.835. The normalized spacial score (nSPS) is 11.4. The van der Waals surface area contributed by atoms with Gasteiger partial charge >= 0.3 is 7.32 Å². The molecule has 0 saturated carbocycles. The van der Waals surface area contributed by atoms with Gasteiger partial charge in [-0.15, -0.1) is 0 Å². The van der Waals surface area contributed by atoms with Crippen molar-refractivity contribution in [3.05, 3.63) is 35.9 Å². The molecule has 2 N–H and O–H groups in total. The van der Waals surface area contributed by atoms with E-state index in [1.54, 1.807) is 13.8 Å². The van der Waals surface area contributed by atoms with Gasteiger partial charge in [0.1, 0.15) is 0 Å². The van der Waals surface area contributed by atoms with Crippen molar-refractivity contribution in [3.63, 3.8) is 0 Å². The zero-order chi connectivity index (χ0) is 9.90. The van der Waals surface area contributed by atoms with Gasteiger partial charge in [-0.1, -0.05) is 30.3 Å². The fourth-order valence-corrected chi connectivity index (χ4v) is 1.17. The van der Waals surface area contributed by atoms with Crippen LogP contribution in [0, 0.1) is 0 Å². The minimum absolute atomic E-state index is 0.685. The van der Waals surface area contributed by atoms with Crippen molar-refractivity contribution < 1.29 is 14.7 Å². The summed E-state index contributed by atoms with van der Waals surface area (Å²) in [7, 11) is -1.74. The molecule has 3 nitrogen and oxygen atoms in total. The Bertz CT molecular complexity index is 259. The van der Waals surface area contributed by atoms with Crippen molar-refractivity contribution in [1.82, 2.24) is 0 Å². The average molecular weight is 180 g/mol. The van der Waals surface area contributed by atoms with Crippen molar-refractivity contribution in [2.45, 2.75) is 19.4 Å². The predicted molar refractivity (Wildman–Crippen MR) is 50.7 cm³/mol. The highest BCUT2D eigenvalue weighted by atomic mass is 16.6. The van der Waals surface area contributed by atoms with Gasteiger partial charge in [0.2, 0.25) is 0 Å². The highest BCUT2D eigenvalue weighted by Crippen LogP contribution is 2.23.